The van der Waals surface area contributed by atoms with Gasteiger partial charge in [-0.05, 0) is 38.8 Å². The summed E-state index contributed by atoms with van der Waals surface area (Å²) < 4.78 is 1.11. The molecule has 1 aromatic heterocycles. The van der Waals surface area contributed by atoms with Gasteiger partial charge in [-0.25, -0.2) is 0 Å². The molecule has 0 fully saturated rings. The van der Waals surface area contributed by atoms with Crippen LogP contribution in [0.25, 0.3) is 32.6 Å². The topological polar surface area (TPSA) is 15.8 Å². The summed E-state index contributed by atoms with van der Waals surface area (Å²) in [6.07, 6.45) is 0. The third kappa shape index (κ3) is 1.27. The van der Waals surface area contributed by atoms with Crippen molar-refractivity contribution in [3.8, 4) is 0 Å². The monoisotopic (exact) mass is 295 g/mol. The van der Waals surface area contributed by atoms with Gasteiger partial charge in [0.05, 0.1) is 5.52 Å². The molecule has 18 heavy (non-hydrogen) atoms. The minimum atomic E-state index is 1.11. The summed E-state index contributed by atoms with van der Waals surface area (Å²) >= 11 is 3.61. The number of para-hydroxylation sites is 1. The molecule has 0 unspecified atom stereocenters. The summed E-state index contributed by atoms with van der Waals surface area (Å²) in [6, 6.07) is 19.2. The van der Waals surface area contributed by atoms with Crippen LogP contribution in [0.4, 0.5) is 0 Å². The number of fused-ring (bicyclic) bond motifs is 5. The van der Waals surface area contributed by atoms with Gasteiger partial charge in [0.15, 0.2) is 0 Å². The Morgan fingerprint density at radius 1 is 0.778 bits per heavy atom. The lowest BCUT2D eigenvalue weighted by Crippen LogP contribution is -1.73. The van der Waals surface area contributed by atoms with Crippen LogP contribution in [0.2, 0.25) is 0 Å². The first-order valence-corrected chi connectivity index (χ1v) is 6.71. The Balaban J connectivity index is 2.37. The van der Waals surface area contributed by atoms with Crippen LogP contribution in [0, 0.1) is 0 Å². The van der Waals surface area contributed by atoms with Gasteiger partial charge >= 0.3 is 0 Å². The third-order valence-electron chi connectivity index (χ3n) is 3.47. The van der Waals surface area contributed by atoms with E-state index in [0.717, 1.165) is 4.47 Å². The van der Waals surface area contributed by atoms with E-state index in [-0.39, 0.29) is 0 Å². The van der Waals surface area contributed by atoms with Crippen LogP contribution in [-0.2, 0) is 0 Å². The first-order valence-electron chi connectivity index (χ1n) is 5.92. The molecule has 1 N–H and O–H groups in total. The van der Waals surface area contributed by atoms with Crippen molar-refractivity contribution >= 4 is 48.5 Å². The number of halogens is 1. The predicted octanol–water partition coefficient (Wildman–Crippen LogP) is 5.24. The molecular weight excluding hydrogens is 286 g/mol. The van der Waals surface area contributed by atoms with Crippen molar-refractivity contribution in [2.45, 2.75) is 0 Å². The highest BCUT2D eigenvalue weighted by molar-refractivity contribution is 9.10. The van der Waals surface area contributed by atoms with Crippen molar-refractivity contribution in [2.75, 3.05) is 0 Å². The summed E-state index contributed by atoms with van der Waals surface area (Å²) in [4.78, 5) is 3.49. The molecule has 0 atom stereocenters. The summed E-state index contributed by atoms with van der Waals surface area (Å²) in [6.45, 7) is 0. The lowest BCUT2D eigenvalue weighted by atomic mass is 10.0. The standard InChI is InChI=1S/C16H10BrN/c17-13-7-3-6-12-15-11-5-2-1-4-10(11)8-9-14(15)18-16(12)13/h1-9,18H. The summed E-state index contributed by atoms with van der Waals surface area (Å²) in [5, 5.41) is 5.17. The zero-order valence-electron chi connectivity index (χ0n) is 9.57. The van der Waals surface area contributed by atoms with E-state index in [1.54, 1.807) is 0 Å². The van der Waals surface area contributed by atoms with E-state index in [4.69, 9.17) is 0 Å². The van der Waals surface area contributed by atoms with Crippen LogP contribution in [-0.4, -0.2) is 4.98 Å². The Bertz CT molecular complexity index is 889. The molecule has 2 heteroatoms. The van der Waals surface area contributed by atoms with E-state index in [2.05, 4.69) is 75.5 Å². The molecule has 0 aliphatic heterocycles. The largest absolute Gasteiger partial charge is 0.354 e. The molecule has 1 heterocycles. The molecule has 0 aliphatic carbocycles. The fraction of sp³-hybridized carbons (Fsp3) is 0. The van der Waals surface area contributed by atoms with Crippen molar-refractivity contribution in [2.24, 2.45) is 0 Å². The molecule has 0 amide bonds. The first-order chi connectivity index (χ1) is 8.84. The van der Waals surface area contributed by atoms with Crippen molar-refractivity contribution in [1.29, 1.82) is 0 Å². The van der Waals surface area contributed by atoms with Gasteiger partial charge in [-0.15, -0.1) is 0 Å². The van der Waals surface area contributed by atoms with Crippen LogP contribution in [0.3, 0.4) is 0 Å². The van der Waals surface area contributed by atoms with Gasteiger partial charge in [0, 0.05) is 20.8 Å². The van der Waals surface area contributed by atoms with Crippen LogP contribution in [0.5, 0.6) is 0 Å². The zero-order chi connectivity index (χ0) is 12.1. The Morgan fingerprint density at radius 3 is 2.56 bits per heavy atom. The normalized spacial score (nSPS) is 11.6. The number of H-pyrrole nitrogens is 1. The molecular formula is C16H10BrN. The van der Waals surface area contributed by atoms with Gasteiger partial charge in [-0.1, -0.05) is 42.5 Å². The molecule has 0 spiro atoms. The number of benzene rings is 3. The van der Waals surface area contributed by atoms with Crippen LogP contribution in [0.1, 0.15) is 0 Å². The average Bonchev–Trinajstić information content (AvgIpc) is 2.79. The highest BCUT2D eigenvalue weighted by atomic mass is 79.9. The van der Waals surface area contributed by atoms with E-state index in [0.29, 0.717) is 0 Å². The molecule has 0 bridgehead atoms. The molecule has 0 radical (unpaired) electrons. The SMILES string of the molecule is Brc1cccc2c1[nH]c1ccc3ccccc3c12. The highest BCUT2D eigenvalue weighted by Crippen LogP contribution is 2.34. The number of aromatic amines is 1. The van der Waals surface area contributed by atoms with Gasteiger partial charge in [-0.3, -0.25) is 0 Å². The smallest absolute Gasteiger partial charge is 0.0609 e. The average molecular weight is 296 g/mol. The number of hydrogen-bond donors (Lipinski definition) is 1. The maximum Gasteiger partial charge on any atom is 0.0609 e. The van der Waals surface area contributed by atoms with Crippen molar-refractivity contribution in [3.05, 3.63) is 59.1 Å². The number of aromatic nitrogens is 1. The number of rotatable bonds is 0. The van der Waals surface area contributed by atoms with Gasteiger partial charge < -0.3 is 4.98 Å². The van der Waals surface area contributed by atoms with Gasteiger partial charge in [-0.2, -0.15) is 0 Å². The molecule has 0 saturated carbocycles. The fourth-order valence-electron chi connectivity index (χ4n) is 2.66. The summed E-state index contributed by atoms with van der Waals surface area (Å²) in [7, 11) is 0. The Labute approximate surface area is 113 Å². The van der Waals surface area contributed by atoms with Crippen molar-refractivity contribution < 1.29 is 0 Å². The Kier molecular flexibility index (Phi) is 2.03. The molecule has 86 valence electrons. The van der Waals surface area contributed by atoms with Gasteiger partial charge in [0.25, 0.3) is 0 Å². The zero-order valence-corrected chi connectivity index (χ0v) is 11.2. The van der Waals surface area contributed by atoms with Crippen molar-refractivity contribution in [1.82, 2.24) is 4.98 Å². The molecule has 0 saturated heterocycles. The lowest BCUT2D eigenvalue weighted by Gasteiger charge is -1.99. The van der Waals surface area contributed by atoms with E-state index in [1.807, 2.05) is 0 Å². The predicted molar refractivity (Wildman–Crippen MR) is 81.0 cm³/mol. The van der Waals surface area contributed by atoms with E-state index in [1.165, 1.54) is 32.6 Å². The minimum Gasteiger partial charge on any atom is -0.354 e. The van der Waals surface area contributed by atoms with Crippen LogP contribution >= 0.6 is 15.9 Å². The highest BCUT2D eigenvalue weighted by Gasteiger charge is 2.09. The molecule has 3 aromatic carbocycles. The van der Waals surface area contributed by atoms with Crippen LogP contribution in [0.15, 0.2) is 59.1 Å². The number of hydrogen-bond acceptors (Lipinski definition) is 0. The van der Waals surface area contributed by atoms with Crippen molar-refractivity contribution in [3.63, 3.8) is 0 Å². The quantitative estimate of drug-likeness (QED) is 0.457. The second-order valence-corrected chi connectivity index (χ2v) is 5.35. The Hall–Kier alpha value is -1.80. The second-order valence-electron chi connectivity index (χ2n) is 4.50. The van der Waals surface area contributed by atoms with Gasteiger partial charge in [0.1, 0.15) is 0 Å². The van der Waals surface area contributed by atoms with E-state index in [9.17, 15) is 0 Å². The van der Waals surface area contributed by atoms with E-state index < -0.39 is 0 Å². The molecule has 0 aliphatic rings. The maximum absolute atomic E-state index is 3.61. The Morgan fingerprint density at radius 2 is 1.61 bits per heavy atom. The van der Waals surface area contributed by atoms with E-state index >= 15 is 0 Å². The number of nitrogens with one attached hydrogen (secondary N) is 1. The minimum absolute atomic E-state index is 1.11. The fourth-order valence-corrected chi connectivity index (χ4v) is 3.13. The summed E-state index contributed by atoms with van der Waals surface area (Å²) in [5.74, 6) is 0. The maximum atomic E-state index is 3.61. The third-order valence-corrected chi connectivity index (χ3v) is 4.13. The second kappa shape index (κ2) is 3.59. The summed E-state index contributed by atoms with van der Waals surface area (Å²) in [5.41, 5.74) is 2.36. The van der Waals surface area contributed by atoms with Crippen LogP contribution < -0.4 is 0 Å². The molecule has 4 aromatic rings. The molecule has 1 nitrogen and oxygen atoms in total. The molecule has 4 rings (SSSR count). The lowest BCUT2D eigenvalue weighted by molar-refractivity contribution is 1.53. The first kappa shape index (κ1) is 10.2. The van der Waals surface area contributed by atoms with Gasteiger partial charge in [0.2, 0.25) is 0 Å².